The van der Waals surface area contributed by atoms with E-state index < -0.39 is 0 Å². The summed E-state index contributed by atoms with van der Waals surface area (Å²) in [6, 6.07) is 13.7. The molecule has 1 heteroatoms. The van der Waals surface area contributed by atoms with Crippen molar-refractivity contribution in [3.8, 4) is 10.4 Å². The maximum atomic E-state index is 2.37. The first kappa shape index (κ1) is 13.9. The fourth-order valence-corrected chi connectivity index (χ4v) is 4.45. The molecule has 1 fully saturated rings. The molecule has 1 aliphatic carbocycles. The van der Waals surface area contributed by atoms with E-state index in [2.05, 4.69) is 48.7 Å². The first-order valence-corrected chi connectivity index (χ1v) is 8.90. The fourth-order valence-electron chi connectivity index (χ4n) is 3.72. The number of hydrogen-bond donors (Lipinski definition) is 0. The van der Waals surface area contributed by atoms with E-state index in [1.807, 2.05) is 11.3 Å². The van der Waals surface area contributed by atoms with Gasteiger partial charge in [0, 0.05) is 4.88 Å². The Balaban J connectivity index is 1.78. The summed E-state index contributed by atoms with van der Waals surface area (Å²) in [5, 5.41) is 2.15. The minimum absolute atomic E-state index is 0.771. The second-order valence-electron chi connectivity index (χ2n) is 6.01. The SMILES string of the molecule is CCC(c1ccc(-c2cccs2)cc1)C1CCCCC1. The van der Waals surface area contributed by atoms with Crippen LogP contribution >= 0.6 is 11.3 Å². The summed E-state index contributed by atoms with van der Waals surface area (Å²) in [5.41, 5.74) is 2.92. The Labute approximate surface area is 126 Å². The van der Waals surface area contributed by atoms with E-state index in [0.29, 0.717) is 0 Å². The Morgan fingerprint density at radius 2 is 1.80 bits per heavy atom. The molecule has 0 spiro atoms. The predicted octanol–water partition coefficient (Wildman–Crippen LogP) is 6.49. The number of rotatable bonds is 4. The predicted molar refractivity (Wildman–Crippen MR) is 89.4 cm³/mol. The van der Waals surface area contributed by atoms with Crippen molar-refractivity contribution in [3.63, 3.8) is 0 Å². The van der Waals surface area contributed by atoms with Crippen LogP contribution in [0, 0.1) is 5.92 Å². The molecule has 0 saturated heterocycles. The van der Waals surface area contributed by atoms with Gasteiger partial charge < -0.3 is 0 Å². The molecule has 1 atom stereocenters. The fraction of sp³-hybridized carbons (Fsp3) is 0.474. The molecule has 3 rings (SSSR count). The highest BCUT2D eigenvalue weighted by molar-refractivity contribution is 7.13. The van der Waals surface area contributed by atoms with Crippen molar-refractivity contribution in [3.05, 3.63) is 47.3 Å². The summed E-state index contributed by atoms with van der Waals surface area (Å²) in [4.78, 5) is 1.38. The van der Waals surface area contributed by atoms with Crippen LogP contribution in [0.25, 0.3) is 10.4 Å². The minimum atomic E-state index is 0.771. The maximum Gasteiger partial charge on any atom is 0.0342 e. The third-order valence-electron chi connectivity index (χ3n) is 4.80. The van der Waals surface area contributed by atoms with Gasteiger partial charge in [-0.1, -0.05) is 56.5 Å². The van der Waals surface area contributed by atoms with E-state index in [1.165, 1.54) is 49.0 Å². The molecule has 1 aromatic heterocycles. The van der Waals surface area contributed by atoms with E-state index in [4.69, 9.17) is 0 Å². The Kier molecular flexibility index (Phi) is 4.57. The molecule has 20 heavy (non-hydrogen) atoms. The molecule has 2 aromatic rings. The Morgan fingerprint density at radius 1 is 1.05 bits per heavy atom. The smallest absolute Gasteiger partial charge is 0.0342 e. The normalized spacial score (nSPS) is 18.1. The monoisotopic (exact) mass is 284 g/mol. The molecule has 0 N–H and O–H groups in total. The highest BCUT2D eigenvalue weighted by atomic mass is 32.1. The average Bonchev–Trinajstić information content (AvgIpc) is 3.04. The zero-order chi connectivity index (χ0) is 13.8. The molecule has 0 radical (unpaired) electrons. The quantitative estimate of drug-likeness (QED) is 0.602. The van der Waals surface area contributed by atoms with Crippen molar-refractivity contribution >= 4 is 11.3 Å². The summed E-state index contributed by atoms with van der Waals surface area (Å²) >= 11 is 1.82. The summed E-state index contributed by atoms with van der Waals surface area (Å²) < 4.78 is 0. The van der Waals surface area contributed by atoms with Crippen LogP contribution in [0.2, 0.25) is 0 Å². The van der Waals surface area contributed by atoms with Gasteiger partial charge in [0.2, 0.25) is 0 Å². The van der Waals surface area contributed by atoms with Crippen LogP contribution < -0.4 is 0 Å². The molecule has 0 aliphatic heterocycles. The van der Waals surface area contributed by atoms with Crippen LogP contribution in [-0.4, -0.2) is 0 Å². The second-order valence-corrected chi connectivity index (χ2v) is 6.96. The molecule has 1 unspecified atom stereocenters. The topological polar surface area (TPSA) is 0 Å². The molecular formula is C19H24S. The standard InChI is InChI=1S/C19H24S/c1-2-18(15-7-4-3-5-8-15)16-10-12-17(13-11-16)19-9-6-14-20-19/h6,9-15,18H,2-5,7-8H2,1H3. The van der Waals surface area contributed by atoms with Crippen LogP contribution in [-0.2, 0) is 0 Å². The molecular weight excluding hydrogens is 260 g/mol. The summed E-state index contributed by atoms with van der Waals surface area (Å²) in [5.74, 6) is 1.69. The lowest BCUT2D eigenvalue weighted by molar-refractivity contribution is 0.299. The van der Waals surface area contributed by atoms with Gasteiger partial charge in [-0.2, -0.15) is 0 Å². The van der Waals surface area contributed by atoms with Gasteiger partial charge in [0.1, 0.15) is 0 Å². The molecule has 1 saturated carbocycles. The highest BCUT2D eigenvalue weighted by Crippen LogP contribution is 2.38. The lowest BCUT2D eigenvalue weighted by Crippen LogP contribution is -2.15. The van der Waals surface area contributed by atoms with Crippen molar-refractivity contribution in [1.29, 1.82) is 0 Å². The molecule has 1 aliphatic rings. The first-order valence-electron chi connectivity index (χ1n) is 8.02. The summed E-state index contributed by atoms with van der Waals surface area (Å²) in [6.45, 7) is 2.35. The van der Waals surface area contributed by atoms with Crippen LogP contribution in [0.3, 0.4) is 0 Å². The van der Waals surface area contributed by atoms with Crippen LogP contribution in [0.1, 0.15) is 56.9 Å². The van der Waals surface area contributed by atoms with Crippen molar-refractivity contribution in [1.82, 2.24) is 0 Å². The second kappa shape index (κ2) is 6.58. The zero-order valence-corrected chi connectivity index (χ0v) is 13.2. The molecule has 0 nitrogen and oxygen atoms in total. The van der Waals surface area contributed by atoms with Crippen molar-refractivity contribution in [2.45, 2.75) is 51.4 Å². The van der Waals surface area contributed by atoms with Crippen LogP contribution in [0.15, 0.2) is 41.8 Å². The molecule has 0 amide bonds. The van der Waals surface area contributed by atoms with Gasteiger partial charge in [-0.3, -0.25) is 0 Å². The first-order chi connectivity index (χ1) is 9.88. The number of hydrogen-bond acceptors (Lipinski definition) is 1. The molecule has 106 valence electrons. The van der Waals surface area contributed by atoms with Gasteiger partial charge in [-0.15, -0.1) is 11.3 Å². The largest absolute Gasteiger partial charge is 0.144 e. The van der Waals surface area contributed by atoms with Gasteiger partial charge >= 0.3 is 0 Å². The van der Waals surface area contributed by atoms with Gasteiger partial charge in [0.05, 0.1) is 0 Å². The Morgan fingerprint density at radius 3 is 2.40 bits per heavy atom. The highest BCUT2D eigenvalue weighted by Gasteiger charge is 2.23. The lowest BCUT2D eigenvalue weighted by atomic mass is 9.75. The third-order valence-corrected chi connectivity index (χ3v) is 5.72. The van der Waals surface area contributed by atoms with Crippen LogP contribution in [0.4, 0.5) is 0 Å². The van der Waals surface area contributed by atoms with E-state index in [1.54, 1.807) is 5.56 Å². The van der Waals surface area contributed by atoms with Gasteiger partial charge in [0.15, 0.2) is 0 Å². The zero-order valence-electron chi connectivity index (χ0n) is 12.3. The lowest BCUT2D eigenvalue weighted by Gasteiger charge is -2.30. The summed E-state index contributed by atoms with van der Waals surface area (Å²) in [6.07, 6.45) is 8.48. The van der Waals surface area contributed by atoms with Gasteiger partial charge in [0.25, 0.3) is 0 Å². The Hall–Kier alpha value is -1.08. The van der Waals surface area contributed by atoms with Crippen molar-refractivity contribution in [2.75, 3.05) is 0 Å². The van der Waals surface area contributed by atoms with Crippen LogP contribution in [0.5, 0.6) is 0 Å². The minimum Gasteiger partial charge on any atom is -0.144 e. The van der Waals surface area contributed by atoms with E-state index in [-0.39, 0.29) is 0 Å². The molecule has 1 heterocycles. The van der Waals surface area contributed by atoms with E-state index >= 15 is 0 Å². The number of benzene rings is 1. The van der Waals surface area contributed by atoms with E-state index in [9.17, 15) is 0 Å². The molecule has 0 bridgehead atoms. The maximum absolute atomic E-state index is 2.37. The van der Waals surface area contributed by atoms with Gasteiger partial charge in [-0.25, -0.2) is 0 Å². The summed E-state index contributed by atoms with van der Waals surface area (Å²) in [7, 11) is 0. The van der Waals surface area contributed by atoms with E-state index in [0.717, 1.165) is 11.8 Å². The van der Waals surface area contributed by atoms with Crippen molar-refractivity contribution < 1.29 is 0 Å². The molecule has 1 aromatic carbocycles. The Bertz CT molecular complexity index is 503. The third kappa shape index (κ3) is 2.98. The number of thiophene rings is 1. The average molecular weight is 284 g/mol. The van der Waals surface area contributed by atoms with Crippen molar-refractivity contribution in [2.24, 2.45) is 5.92 Å². The van der Waals surface area contributed by atoms with Gasteiger partial charge in [-0.05, 0) is 53.7 Å².